The summed E-state index contributed by atoms with van der Waals surface area (Å²) in [4.78, 5) is 18.8. The van der Waals surface area contributed by atoms with Crippen LogP contribution in [0.2, 0.25) is 0 Å². The normalized spacial score (nSPS) is 10.1. The molecule has 7 heteroatoms. The van der Waals surface area contributed by atoms with Crippen LogP contribution in [0.3, 0.4) is 0 Å². The van der Waals surface area contributed by atoms with E-state index < -0.39 is 17.5 Å². The molecule has 0 bridgehead atoms. The van der Waals surface area contributed by atoms with Crippen molar-refractivity contribution < 1.29 is 13.6 Å². The van der Waals surface area contributed by atoms with E-state index in [9.17, 15) is 13.6 Å². The number of nitrogens with two attached hydrogens (primary N) is 1. The van der Waals surface area contributed by atoms with Gasteiger partial charge in [-0.1, -0.05) is 0 Å². The van der Waals surface area contributed by atoms with Crippen LogP contribution in [0.15, 0.2) is 30.7 Å². The molecule has 0 aromatic carbocycles. The zero-order valence-corrected chi connectivity index (χ0v) is 9.02. The monoisotopic (exact) mass is 250 g/mol. The smallest absolute Gasteiger partial charge is 0.259 e. The molecule has 0 saturated carbocycles. The Bertz CT molecular complexity index is 603. The molecular weight excluding hydrogens is 242 g/mol. The maximum atomic E-state index is 13.2. The molecule has 2 aromatic heterocycles. The molecule has 0 aliphatic heterocycles. The standard InChI is InChI=1S/C11H8F2N4O/c12-6-3-7(10(14)16-4-6)11(18)17-9-1-2-15-5-8(9)13/h1-5H,(H2,14,16)(H,15,17,18). The lowest BCUT2D eigenvalue weighted by molar-refractivity contribution is 0.102. The molecule has 92 valence electrons. The van der Waals surface area contributed by atoms with Crippen LogP contribution in [0.4, 0.5) is 20.3 Å². The van der Waals surface area contributed by atoms with E-state index in [-0.39, 0.29) is 17.1 Å². The number of amides is 1. The van der Waals surface area contributed by atoms with E-state index in [2.05, 4.69) is 15.3 Å². The van der Waals surface area contributed by atoms with Gasteiger partial charge in [0.05, 0.1) is 23.6 Å². The number of nitrogen functional groups attached to an aromatic ring is 1. The summed E-state index contributed by atoms with van der Waals surface area (Å²) in [6.07, 6.45) is 3.15. The van der Waals surface area contributed by atoms with Crippen molar-refractivity contribution in [3.05, 3.63) is 47.9 Å². The molecule has 0 fully saturated rings. The highest BCUT2D eigenvalue weighted by Crippen LogP contribution is 2.15. The van der Waals surface area contributed by atoms with E-state index >= 15 is 0 Å². The molecule has 5 nitrogen and oxygen atoms in total. The van der Waals surface area contributed by atoms with Crippen LogP contribution in [0.1, 0.15) is 10.4 Å². The zero-order valence-electron chi connectivity index (χ0n) is 9.02. The van der Waals surface area contributed by atoms with Crippen molar-refractivity contribution in [2.24, 2.45) is 0 Å². The highest BCUT2D eigenvalue weighted by molar-refractivity contribution is 6.07. The maximum absolute atomic E-state index is 13.2. The van der Waals surface area contributed by atoms with Gasteiger partial charge in [-0.2, -0.15) is 0 Å². The molecule has 0 aliphatic carbocycles. The van der Waals surface area contributed by atoms with Gasteiger partial charge in [0.2, 0.25) is 0 Å². The number of aromatic nitrogens is 2. The SMILES string of the molecule is Nc1ncc(F)cc1C(=O)Nc1ccncc1F. The molecule has 3 N–H and O–H groups in total. The Hall–Kier alpha value is -2.57. The van der Waals surface area contributed by atoms with Gasteiger partial charge in [-0.05, 0) is 12.1 Å². The van der Waals surface area contributed by atoms with E-state index in [1.165, 1.54) is 12.3 Å². The summed E-state index contributed by atoms with van der Waals surface area (Å²) in [7, 11) is 0. The maximum Gasteiger partial charge on any atom is 0.259 e. The highest BCUT2D eigenvalue weighted by Gasteiger charge is 2.14. The van der Waals surface area contributed by atoms with Crippen molar-refractivity contribution in [2.45, 2.75) is 0 Å². The van der Waals surface area contributed by atoms with Crippen LogP contribution < -0.4 is 11.1 Å². The fraction of sp³-hybridized carbons (Fsp3) is 0. The van der Waals surface area contributed by atoms with Gasteiger partial charge < -0.3 is 11.1 Å². The van der Waals surface area contributed by atoms with Crippen LogP contribution >= 0.6 is 0 Å². The fourth-order valence-electron chi connectivity index (χ4n) is 1.30. The number of pyridine rings is 2. The van der Waals surface area contributed by atoms with E-state index in [0.717, 1.165) is 18.5 Å². The van der Waals surface area contributed by atoms with Crippen molar-refractivity contribution in [1.82, 2.24) is 9.97 Å². The predicted molar refractivity (Wildman–Crippen MR) is 60.8 cm³/mol. The molecule has 18 heavy (non-hydrogen) atoms. The number of hydrogen-bond acceptors (Lipinski definition) is 4. The largest absolute Gasteiger partial charge is 0.383 e. The molecule has 2 rings (SSSR count). The molecule has 1 amide bonds. The lowest BCUT2D eigenvalue weighted by atomic mass is 10.2. The average Bonchev–Trinajstić information content (AvgIpc) is 2.35. The number of nitrogens with zero attached hydrogens (tertiary/aromatic N) is 2. The third kappa shape index (κ3) is 2.40. The van der Waals surface area contributed by atoms with Gasteiger partial charge >= 0.3 is 0 Å². The zero-order chi connectivity index (χ0) is 13.1. The Morgan fingerprint density at radius 2 is 2.11 bits per heavy atom. The summed E-state index contributed by atoms with van der Waals surface area (Å²) in [6.45, 7) is 0. The van der Waals surface area contributed by atoms with Crippen molar-refractivity contribution >= 4 is 17.4 Å². The predicted octanol–water partition coefficient (Wildman–Crippen LogP) is 1.59. The van der Waals surface area contributed by atoms with E-state index in [1.807, 2.05) is 0 Å². The van der Waals surface area contributed by atoms with Gasteiger partial charge in [-0.3, -0.25) is 9.78 Å². The minimum absolute atomic E-state index is 0.0707. The Kier molecular flexibility index (Phi) is 3.13. The number of carbonyl (C=O) groups excluding carboxylic acids is 1. The van der Waals surface area contributed by atoms with Gasteiger partial charge in [-0.25, -0.2) is 13.8 Å². The van der Waals surface area contributed by atoms with Crippen LogP contribution in [0.25, 0.3) is 0 Å². The van der Waals surface area contributed by atoms with Crippen LogP contribution in [0, 0.1) is 11.6 Å². The Morgan fingerprint density at radius 1 is 1.33 bits per heavy atom. The van der Waals surface area contributed by atoms with Crippen molar-refractivity contribution in [3.63, 3.8) is 0 Å². The number of nitrogens with one attached hydrogen (secondary N) is 1. The number of anilines is 2. The van der Waals surface area contributed by atoms with Crippen LogP contribution in [0.5, 0.6) is 0 Å². The Balaban J connectivity index is 2.28. The second-order valence-electron chi connectivity index (χ2n) is 3.40. The van der Waals surface area contributed by atoms with Gasteiger partial charge in [0.25, 0.3) is 5.91 Å². The van der Waals surface area contributed by atoms with Gasteiger partial charge in [0.15, 0.2) is 5.82 Å². The summed E-state index contributed by atoms with van der Waals surface area (Å²) in [6, 6.07) is 2.20. The number of halogens is 2. The second kappa shape index (κ2) is 4.74. The first-order chi connectivity index (χ1) is 8.58. The summed E-state index contributed by atoms with van der Waals surface area (Å²) in [5.41, 5.74) is 5.21. The topological polar surface area (TPSA) is 80.9 Å². The fourth-order valence-corrected chi connectivity index (χ4v) is 1.30. The van der Waals surface area contributed by atoms with Gasteiger partial charge in [0, 0.05) is 6.20 Å². The number of rotatable bonds is 2. The molecule has 0 aliphatic rings. The van der Waals surface area contributed by atoms with E-state index in [0.29, 0.717) is 0 Å². The third-order valence-corrected chi connectivity index (χ3v) is 2.15. The van der Waals surface area contributed by atoms with Gasteiger partial charge in [0.1, 0.15) is 11.6 Å². The lowest BCUT2D eigenvalue weighted by Gasteiger charge is -2.07. The number of hydrogen-bond donors (Lipinski definition) is 2. The van der Waals surface area contributed by atoms with E-state index in [4.69, 9.17) is 5.73 Å². The molecule has 0 atom stereocenters. The summed E-state index contributed by atoms with van der Waals surface area (Å²) in [5, 5.41) is 2.25. The Labute approximate surface area is 101 Å². The lowest BCUT2D eigenvalue weighted by Crippen LogP contribution is -2.16. The van der Waals surface area contributed by atoms with E-state index in [1.54, 1.807) is 0 Å². The molecule has 0 unspecified atom stereocenters. The van der Waals surface area contributed by atoms with Crippen LogP contribution in [-0.4, -0.2) is 15.9 Å². The second-order valence-corrected chi connectivity index (χ2v) is 3.40. The summed E-state index contributed by atoms with van der Waals surface area (Å²) in [5.74, 6) is -2.29. The first-order valence-corrected chi connectivity index (χ1v) is 4.90. The third-order valence-electron chi connectivity index (χ3n) is 2.15. The number of carbonyl (C=O) groups is 1. The summed E-state index contributed by atoms with van der Waals surface area (Å²) < 4.78 is 26.2. The average molecular weight is 250 g/mol. The molecular formula is C11H8F2N4O. The summed E-state index contributed by atoms with van der Waals surface area (Å²) >= 11 is 0. The molecule has 2 aromatic rings. The van der Waals surface area contributed by atoms with Crippen LogP contribution in [-0.2, 0) is 0 Å². The quantitative estimate of drug-likeness (QED) is 0.848. The molecule has 0 radical (unpaired) electrons. The van der Waals surface area contributed by atoms with Crippen molar-refractivity contribution in [3.8, 4) is 0 Å². The first-order valence-electron chi connectivity index (χ1n) is 4.90. The molecule has 2 heterocycles. The first kappa shape index (κ1) is 11.9. The van der Waals surface area contributed by atoms with Crippen molar-refractivity contribution in [2.75, 3.05) is 11.1 Å². The van der Waals surface area contributed by atoms with Crippen molar-refractivity contribution in [1.29, 1.82) is 0 Å². The van der Waals surface area contributed by atoms with Gasteiger partial charge in [-0.15, -0.1) is 0 Å². The Morgan fingerprint density at radius 3 is 2.83 bits per heavy atom. The highest BCUT2D eigenvalue weighted by atomic mass is 19.1. The minimum Gasteiger partial charge on any atom is -0.383 e. The molecule has 0 saturated heterocycles. The molecule has 0 spiro atoms. The minimum atomic E-state index is -0.746.